The minimum atomic E-state index is -0.348. The predicted octanol–water partition coefficient (Wildman–Crippen LogP) is 5.07. The second-order valence-electron chi connectivity index (χ2n) is 6.06. The molecule has 3 heteroatoms. The van der Waals surface area contributed by atoms with Crippen LogP contribution in [0.3, 0.4) is 0 Å². The lowest BCUT2D eigenvalue weighted by atomic mass is 9.89. The monoisotopic (exact) mass is 323 g/mol. The smallest absolute Gasteiger partial charge is 0.0983 e. The van der Waals surface area contributed by atoms with E-state index in [1.807, 2.05) is 79.0 Å². The van der Waals surface area contributed by atoms with Crippen molar-refractivity contribution in [2.75, 3.05) is 5.73 Å². The van der Waals surface area contributed by atoms with Crippen LogP contribution in [0, 0.1) is 11.3 Å². The van der Waals surface area contributed by atoms with Gasteiger partial charge in [0.2, 0.25) is 0 Å². The molecular weight excluding hydrogens is 306 g/mol. The number of para-hydroxylation sites is 1. The van der Waals surface area contributed by atoms with Crippen LogP contribution in [0.15, 0.2) is 79.0 Å². The zero-order valence-corrected chi connectivity index (χ0v) is 13.6. The number of hydrogen-bond acceptors (Lipinski definition) is 2. The summed E-state index contributed by atoms with van der Waals surface area (Å²) >= 11 is 0. The molecule has 1 unspecified atom stereocenters. The highest BCUT2D eigenvalue weighted by atomic mass is 14.7. The molecule has 3 N–H and O–H groups in total. The van der Waals surface area contributed by atoms with Crippen molar-refractivity contribution in [3.63, 3.8) is 0 Å². The zero-order valence-electron chi connectivity index (χ0n) is 13.6. The standard InChI is InChI=1S/C22H17N3/c23-13-19(20-14-25-22-9-5-4-8-17(20)22)16-10-11-21(24)18(12-16)15-6-2-1-3-7-15/h1-12,14,19,25H,24H2. The van der Waals surface area contributed by atoms with Gasteiger partial charge < -0.3 is 10.7 Å². The zero-order chi connectivity index (χ0) is 17.2. The molecule has 4 aromatic rings. The van der Waals surface area contributed by atoms with E-state index in [2.05, 4.69) is 11.1 Å². The number of nitrogens with two attached hydrogens (primary N) is 1. The molecule has 3 aromatic carbocycles. The maximum atomic E-state index is 9.85. The van der Waals surface area contributed by atoms with Crippen LogP contribution in [0.1, 0.15) is 17.0 Å². The molecule has 0 spiro atoms. The molecule has 1 aromatic heterocycles. The molecule has 0 fully saturated rings. The minimum Gasteiger partial charge on any atom is -0.398 e. The summed E-state index contributed by atoms with van der Waals surface area (Å²) in [6.45, 7) is 0. The molecule has 0 saturated heterocycles. The Morgan fingerprint density at radius 1 is 0.920 bits per heavy atom. The number of rotatable bonds is 3. The van der Waals surface area contributed by atoms with E-state index in [-0.39, 0.29) is 5.92 Å². The molecule has 4 rings (SSSR count). The van der Waals surface area contributed by atoms with Crippen LogP contribution < -0.4 is 5.73 Å². The van der Waals surface area contributed by atoms with E-state index in [4.69, 9.17) is 5.73 Å². The molecule has 0 aliphatic heterocycles. The highest BCUT2D eigenvalue weighted by Crippen LogP contribution is 2.34. The third-order valence-corrected chi connectivity index (χ3v) is 4.56. The second-order valence-corrected chi connectivity index (χ2v) is 6.06. The third kappa shape index (κ3) is 2.64. The SMILES string of the molecule is N#CC(c1ccc(N)c(-c2ccccc2)c1)c1c[nH]c2ccccc12. The maximum absolute atomic E-state index is 9.85. The number of H-pyrrole nitrogens is 1. The Morgan fingerprint density at radius 3 is 2.48 bits per heavy atom. The minimum absolute atomic E-state index is 0.348. The topological polar surface area (TPSA) is 65.6 Å². The van der Waals surface area contributed by atoms with E-state index in [1.54, 1.807) is 0 Å². The fraction of sp³-hybridized carbons (Fsp3) is 0.0455. The van der Waals surface area contributed by atoms with Crippen LogP contribution >= 0.6 is 0 Å². The maximum Gasteiger partial charge on any atom is 0.0983 e. The van der Waals surface area contributed by atoms with Crippen LogP contribution in [0.5, 0.6) is 0 Å². The van der Waals surface area contributed by atoms with Crippen LogP contribution in [-0.4, -0.2) is 4.98 Å². The number of nitrogens with zero attached hydrogens (tertiary/aromatic N) is 1. The number of aromatic amines is 1. The molecule has 25 heavy (non-hydrogen) atoms. The van der Waals surface area contributed by atoms with Crippen molar-refractivity contribution in [2.24, 2.45) is 0 Å². The number of anilines is 1. The van der Waals surface area contributed by atoms with E-state index in [9.17, 15) is 5.26 Å². The highest BCUT2D eigenvalue weighted by molar-refractivity contribution is 5.85. The van der Waals surface area contributed by atoms with E-state index in [0.717, 1.165) is 33.2 Å². The fourth-order valence-corrected chi connectivity index (χ4v) is 3.28. The molecule has 3 nitrogen and oxygen atoms in total. The number of nitrogen functional groups attached to an aromatic ring is 1. The molecule has 0 radical (unpaired) electrons. The molecular formula is C22H17N3. The summed E-state index contributed by atoms with van der Waals surface area (Å²) in [5.74, 6) is -0.348. The van der Waals surface area contributed by atoms with Gasteiger partial charge in [-0.3, -0.25) is 0 Å². The first kappa shape index (κ1) is 15.0. The number of nitrogens with one attached hydrogen (secondary N) is 1. The predicted molar refractivity (Wildman–Crippen MR) is 102 cm³/mol. The highest BCUT2D eigenvalue weighted by Gasteiger charge is 2.18. The fourth-order valence-electron chi connectivity index (χ4n) is 3.28. The van der Waals surface area contributed by atoms with Crippen molar-refractivity contribution in [3.8, 4) is 17.2 Å². The summed E-state index contributed by atoms with van der Waals surface area (Å²) in [5.41, 5.74) is 11.9. The molecule has 120 valence electrons. The Kier molecular flexibility index (Phi) is 3.72. The third-order valence-electron chi connectivity index (χ3n) is 4.56. The van der Waals surface area contributed by atoms with Crippen LogP contribution in [-0.2, 0) is 0 Å². The van der Waals surface area contributed by atoms with Gasteiger partial charge in [-0.05, 0) is 34.9 Å². The van der Waals surface area contributed by atoms with Gasteiger partial charge in [0, 0.05) is 28.4 Å². The number of hydrogen-bond donors (Lipinski definition) is 2. The van der Waals surface area contributed by atoms with Crippen LogP contribution in [0.4, 0.5) is 5.69 Å². The van der Waals surface area contributed by atoms with E-state index in [1.165, 1.54) is 0 Å². The van der Waals surface area contributed by atoms with Crippen molar-refractivity contribution < 1.29 is 0 Å². The van der Waals surface area contributed by atoms with E-state index in [0.29, 0.717) is 5.69 Å². The van der Waals surface area contributed by atoms with Gasteiger partial charge in [0.1, 0.15) is 0 Å². The second kappa shape index (κ2) is 6.18. The first-order valence-corrected chi connectivity index (χ1v) is 8.18. The lowest BCUT2D eigenvalue weighted by Gasteiger charge is -2.13. The van der Waals surface area contributed by atoms with E-state index < -0.39 is 0 Å². The molecule has 0 saturated carbocycles. The number of nitriles is 1. The summed E-state index contributed by atoms with van der Waals surface area (Å²) in [4.78, 5) is 3.25. The Balaban J connectivity index is 1.84. The molecule has 0 aliphatic rings. The number of benzene rings is 3. The summed E-state index contributed by atoms with van der Waals surface area (Å²) < 4.78 is 0. The van der Waals surface area contributed by atoms with Gasteiger partial charge in [0.25, 0.3) is 0 Å². The summed E-state index contributed by atoms with van der Waals surface area (Å²) in [5, 5.41) is 10.9. The Hall–Kier alpha value is -3.51. The van der Waals surface area contributed by atoms with E-state index >= 15 is 0 Å². The first-order valence-electron chi connectivity index (χ1n) is 8.18. The summed E-state index contributed by atoms with van der Waals surface area (Å²) in [7, 11) is 0. The van der Waals surface area contributed by atoms with Gasteiger partial charge in [-0.15, -0.1) is 0 Å². The first-order chi connectivity index (χ1) is 12.3. The van der Waals surface area contributed by atoms with Crippen molar-refractivity contribution in [2.45, 2.75) is 5.92 Å². The number of aromatic nitrogens is 1. The van der Waals surface area contributed by atoms with Gasteiger partial charge in [0.15, 0.2) is 0 Å². The van der Waals surface area contributed by atoms with Crippen molar-refractivity contribution in [3.05, 3.63) is 90.1 Å². The quantitative estimate of drug-likeness (QED) is 0.517. The van der Waals surface area contributed by atoms with Gasteiger partial charge >= 0.3 is 0 Å². The van der Waals surface area contributed by atoms with Crippen molar-refractivity contribution >= 4 is 16.6 Å². The Bertz CT molecular complexity index is 1070. The summed E-state index contributed by atoms with van der Waals surface area (Å²) in [6, 6.07) is 26.4. The van der Waals surface area contributed by atoms with Crippen molar-refractivity contribution in [1.29, 1.82) is 5.26 Å². The lowest BCUT2D eigenvalue weighted by molar-refractivity contribution is 1.05. The molecule has 0 bridgehead atoms. The van der Waals surface area contributed by atoms with Gasteiger partial charge in [-0.1, -0.05) is 54.6 Å². The lowest BCUT2D eigenvalue weighted by Crippen LogP contribution is -2.00. The van der Waals surface area contributed by atoms with Crippen LogP contribution in [0.25, 0.3) is 22.0 Å². The molecule has 0 amide bonds. The van der Waals surface area contributed by atoms with Crippen molar-refractivity contribution in [1.82, 2.24) is 4.98 Å². The average molecular weight is 323 g/mol. The Labute approximate surface area is 146 Å². The Morgan fingerprint density at radius 2 is 1.68 bits per heavy atom. The van der Waals surface area contributed by atoms with Gasteiger partial charge in [0.05, 0.1) is 12.0 Å². The number of fused-ring (bicyclic) bond motifs is 1. The molecule has 0 aliphatic carbocycles. The molecule has 1 atom stereocenters. The normalized spacial score (nSPS) is 12.0. The van der Waals surface area contributed by atoms with Crippen LogP contribution in [0.2, 0.25) is 0 Å². The van der Waals surface area contributed by atoms with Gasteiger partial charge in [-0.25, -0.2) is 0 Å². The molecule has 1 heterocycles. The largest absolute Gasteiger partial charge is 0.398 e. The van der Waals surface area contributed by atoms with Gasteiger partial charge in [-0.2, -0.15) is 5.26 Å². The summed E-state index contributed by atoms with van der Waals surface area (Å²) in [6.07, 6.45) is 1.93. The average Bonchev–Trinajstić information content (AvgIpc) is 3.08.